The van der Waals surface area contributed by atoms with Crippen LogP contribution in [0.2, 0.25) is 0 Å². The van der Waals surface area contributed by atoms with E-state index >= 15 is 0 Å². The Balaban J connectivity index is 3.15. The van der Waals surface area contributed by atoms with Gasteiger partial charge >= 0.3 is 0 Å². The third-order valence-electron chi connectivity index (χ3n) is 1.69. The van der Waals surface area contributed by atoms with Crippen LogP contribution >= 0.6 is 12.6 Å². The van der Waals surface area contributed by atoms with Crippen molar-refractivity contribution in [3.63, 3.8) is 0 Å². The summed E-state index contributed by atoms with van der Waals surface area (Å²) in [6.45, 7) is 7.93. The van der Waals surface area contributed by atoms with Crippen LogP contribution < -0.4 is 0 Å². The molecule has 0 saturated carbocycles. The molecule has 0 atom stereocenters. The van der Waals surface area contributed by atoms with Crippen LogP contribution in [0.25, 0.3) is 5.57 Å². The summed E-state index contributed by atoms with van der Waals surface area (Å²) in [5.74, 6) is 0. The predicted molar refractivity (Wildman–Crippen MR) is 53.1 cm³/mol. The van der Waals surface area contributed by atoms with Gasteiger partial charge in [0.15, 0.2) is 0 Å². The maximum absolute atomic E-state index is 4.28. The lowest BCUT2D eigenvalue weighted by atomic mass is 10.1. The molecule has 0 spiro atoms. The first kappa shape index (κ1) is 8.41. The average Bonchev–Trinajstić information content (AvgIpc) is 1.94. The normalized spacial score (nSPS) is 9.73. The second-order valence-electron chi connectivity index (χ2n) is 2.78. The summed E-state index contributed by atoms with van der Waals surface area (Å²) in [7, 11) is 0. The Labute approximate surface area is 73.4 Å². The minimum atomic E-state index is 1.04. The molecule has 58 valence electrons. The lowest BCUT2D eigenvalue weighted by Crippen LogP contribution is -1.81. The fourth-order valence-electron chi connectivity index (χ4n) is 0.921. The Hall–Kier alpha value is -0.690. The largest absolute Gasteiger partial charge is 0.143 e. The molecule has 0 fully saturated rings. The van der Waals surface area contributed by atoms with Crippen LogP contribution in [0.4, 0.5) is 0 Å². The van der Waals surface area contributed by atoms with Gasteiger partial charge in [0, 0.05) is 4.90 Å². The third-order valence-corrected chi connectivity index (χ3v) is 2.19. The lowest BCUT2D eigenvalue weighted by Gasteiger charge is -2.02. The van der Waals surface area contributed by atoms with Crippen molar-refractivity contribution in [1.82, 2.24) is 0 Å². The molecule has 0 aliphatic carbocycles. The van der Waals surface area contributed by atoms with E-state index in [0.717, 1.165) is 10.5 Å². The maximum Gasteiger partial charge on any atom is 0.00696 e. The van der Waals surface area contributed by atoms with Crippen LogP contribution in [0.3, 0.4) is 0 Å². The summed E-state index contributed by atoms with van der Waals surface area (Å²) in [4.78, 5) is 1.04. The van der Waals surface area contributed by atoms with Crippen molar-refractivity contribution < 1.29 is 0 Å². The number of rotatable bonds is 1. The van der Waals surface area contributed by atoms with E-state index in [1.165, 1.54) is 11.1 Å². The molecule has 1 rings (SSSR count). The molecule has 0 bridgehead atoms. The second kappa shape index (κ2) is 3.14. The number of benzene rings is 1. The number of allylic oxidation sites excluding steroid dienone is 1. The van der Waals surface area contributed by atoms with Crippen molar-refractivity contribution in [3.05, 3.63) is 35.9 Å². The highest BCUT2D eigenvalue weighted by Crippen LogP contribution is 2.18. The first-order valence-electron chi connectivity index (χ1n) is 3.57. The van der Waals surface area contributed by atoms with Gasteiger partial charge in [0.05, 0.1) is 0 Å². The van der Waals surface area contributed by atoms with Gasteiger partial charge in [-0.3, -0.25) is 0 Å². The summed E-state index contributed by atoms with van der Waals surface area (Å²) >= 11 is 4.28. The number of hydrogen-bond donors (Lipinski definition) is 1. The number of thiol groups is 1. The van der Waals surface area contributed by atoms with Gasteiger partial charge in [0.1, 0.15) is 0 Å². The summed E-state index contributed by atoms with van der Waals surface area (Å²) in [5.41, 5.74) is 3.50. The minimum Gasteiger partial charge on any atom is -0.143 e. The Bertz CT molecular complexity index is 287. The maximum atomic E-state index is 4.28. The van der Waals surface area contributed by atoms with Gasteiger partial charge < -0.3 is 0 Å². The van der Waals surface area contributed by atoms with E-state index in [0.29, 0.717) is 0 Å². The molecule has 0 aliphatic heterocycles. The highest BCUT2D eigenvalue weighted by molar-refractivity contribution is 7.80. The Kier molecular flexibility index (Phi) is 2.40. The van der Waals surface area contributed by atoms with Gasteiger partial charge in [-0.1, -0.05) is 24.3 Å². The summed E-state index contributed by atoms with van der Waals surface area (Å²) in [5, 5.41) is 0. The van der Waals surface area contributed by atoms with Gasteiger partial charge in [-0.2, -0.15) is 0 Å². The molecule has 0 nitrogen and oxygen atoms in total. The van der Waals surface area contributed by atoms with Crippen LogP contribution in [-0.4, -0.2) is 0 Å². The van der Waals surface area contributed by atoms with Crippen molar-refractivity contribution in [2.45, 2.75) is 18.7 Å². The topological polar surface area (TPSA) is 0 Å². The van der Waals surface area contributed by atoms with Crippen molar-refractivity contribution in [2.24, 2.45) is 0 Å². The first-order valence-corrected chi connectivity index (χ1v) is 4.01. The highest BCUT2D eigenvalue weighted by Gasteiger charge is 1.95. The zero-order valence-corrected chi connectivity index (χ0v) is 7.78. The van der Waals surface area contributed by atoms with Crippen molar-refractivity contribution in [2.75, 3.05) is 0 Å². The summed E-state index contributed by atoms with van der Waals surface area (Å²) in [6, 6.07) is 6.14. The zero-order chi connectivity index (χ0) is 8.43. The van der Waals surface area contributed by atoms with Gasteiger partial charge in [0.2, 0.25) is 0 Å². The van der Waals surface area contributed by atoms with E-state index in [-0.39, 0.29) is 0 Å². The summed E-state index contributed by atoms with van der Waals surface area (Å²) in [6.07, 6.45) is 0. The van der Waals surface area contributed by atoms with E-state index < -0.39 is 0 Å². The molecule has 1 aromatic rings. The van der Waals surface area contributed by atoms with Crippen LogP contribution in [0.5, 0.6) is 0 Å². The standard InChI is InChI=1S/C10H12S/c1-7(2)9-4-5-10(11)8(3)6-9/h4-6,11H,1H2,2-3H3. The van der Waals surface area contributed by atoms with Gasteiger partial charge in [-0.05, 0) is 31.0 Å². The number of aryl methyl sites for hydroxylation is 1. The van der Waals surface area contributed by atoms with Gasteiger partial charge in [-0.25, -0.2) is 0 Å². The number of hydrogen-bond acceptors (Lipinski definition) is 1. The Morgan fingerprint density at radius 2 is 2.09 bits per heavy atom. The fraction of sp³-hybridized carbons (Fsp3) is 0.200. The van der Waals surface area contributed by atoms with Crippen molar-refractivity contribution >= 4 is 18.2 Å². The molecule has 0 aliphatic rings. The van der Waals surface area contributed by atoms with Gasteiger partial charge in [-0.15, -0.1) is 12.6 Å². The molecule has 0 radical (unpaired) electrons. The molecule has 1 heteroatoms. The molecule has 0 N–H and O–H groups in total. The SMILES string of the molecule is C=C(C)c1ccc(S)c(C)c1. The Morgan fingerprint density at radius 3 is 2.55 bits per heavy atom. The van der Waals surface area contributed by atoms with E-state index in [2.05, 4.69) is 32.2 Å². The lowest BCUT2D eigenvalue weighted by molar-refractivity contribution is 1.30. The fourth-order valence-corrected chi connectivity index (χ4v) is 1.06. The van der Waals surface area contributed by atoms with Crippen LogP contribution in [0, 0.1) is 6.92 Å². The molecule has 0 amide bonds. The second-order valence-corrected chi connectivity index (χ2v) is 3.26. The third kappa shape index (κ3) is 1.87. The van der Waals surface area contributed by atoms with Gasteiger partial charge in [0.25, 0.3) is 0 Å². The summed E-state index contributed by atoms with van der Waals surface area (Å²) < 4.78 is 0. The quantitative estimate of drug-likeness (QED) is 0.605. The first-order chi connectivity index (χ1) is 5.11. The highest BCUT2D eigenvalue weighted by atomic mass is 32.1. The molecule has 0 unspecified atom stereocenters. The van der Waals surface area contributed by atoms with Crippen LogP contribution in [0.1, 0.15) is 18.1 Å². The van der Waals surface area contributed by atoms with Crippen LogP contribution in [-0.2, 0) is 0 Å². The molecule has 0 saturated heterocycles. The molecule has 1 aromatic carbocycles. The molecular weight excluding hydrogens is 152 g/mol. The zero-order valence-electron chi connectivity index (χ0n) is 6.89. The predicted octanol–water partition coefficient (Wildman–Crippen LogP) is 3.32. The van der Waals surface area contributed by atoms with E-state index in [1.54, 1.807) is 0 Å². The van der Waals surface area contributed by atoms with Crippen LogP contribution in [0.15, 0.2) is 29.7 Å². The Morgan fingerprint density at radius 1 is 1.45 bits per heavy atom. The van der Waals surface area contributed by atoms with E-state index in [9.17, 15) is 0 Å². The average molecular weight is 164 g/mol. The molecule has 0 aromatic heterocycles. The molecular formula is C10H12S. The molecule has 11 heavy (non-hydrogen) atoms. The molecule has 0 heterocycles. The smallest absolute Gasteiger partial charge is 0.00696 e. The van der Waals surface area contributed by atoms with E-state index in [1.807, 2.05) is 19.1 Å². The van der Waals surface area contributed by atoms with Crippen molar-refractivity contribution in [1.29, 1.82) is 0 Å². The monoisotopic (exact) mass is 164 g/mol. The minimum absolute atomic E-state index is 1.04. The van der Waals surface area contributed by atoms with E-state index in [4.69, 9.17) is 0 Å². The van der Waals surface area contributed by atoms with Crippen molar-refractivity contribution in [3.8, 4) is 0 Å².